The molecule has 1 aromatic carbocycles. The minimum atomic E-state index is -0.532. The van der Waals surface area contributed by atoms with Crippen LogP contribution in [0.15, 0.2) is 46.9 Å². The van der Waals surface area contributed by atoms with Gasteiger partial charge in [0.25, 0.3) is 5.91 Å². The predicted molar refractivity (Wildman–Crippen MR) is 86.5 cm³/mol. The van der Waals surface area contributed by atoms with E-state index in [4.69, 9.17) is 4.42 Å². The molecular formula is C18H18N2O3. The van der Waals surface area contributed by atoms with Crippen molar-refractivity contribution in [3.63, 3.8) is 0 Å². The molecule has 5 nitrogen and oxygen atoms in total. The zero-order valence-electron chi connectivity index (χ0n) is 12.9. The Morgan fingerprint density at radius 2 is 1.78 bits per heavy atom. The Morgan fingerprint density at radius 1 is 1.04 bits per heavy atom. The van der Waals surface area contributed by atoms with E-state index in [0.29, 0.717) is 11.3 Å². The number of unbranched alkanes of at least 4 members (excludes halogenated alkanes) is 2. The Balaban J connectivity index is 1.87. The van der Waals surface area contributed by atoms with Gasteiger partial charge < -0.3 is 4.42 Å². The van der Waals surface area contributed by atoms with E-state index in [1.54, 1.807) is 36.4 Å². The third kappa shape index (κ3) is 5.04. The summed E-state index contributed by atoms with van der Waals surface area (Å²) >= 11 is 0. The van der Waals surface area contributed by atoms with Crippen LogP contribution in [0.25, 0.3) is 0 Å². The normalized spacial score (nSPS) is 9.61. The van der Waals surface area contributed by atoms with Crippen LogP contribution in [0.1, 0.15) is 52.9 Å². The molecule has 0 aliphatic rings. The quantitative estimate of drug-likeness (QED) is 0.518. The summed E-state index contributed by atoms with van der Waals surface area (Å²) in [4.78, 5) is 23.7. The second-order valence-corrected chi connectivity index (χ2v) is 4.84. The molecule has 0 atom stereocenters. The summed E-state index contributed by atoms with van der Waals surface area (Å²) in [6, 6.07) is 11.7. The molecule has 0 saturated heterocycles. The van der Waals surface area contributed by atoms with Gasteiger partial charge in [-0.25, -0.2) is 0 Å². The summed E-state index contributed by atoms with van der Waals surface area (Å²) in [7, 11) is 0. The van der Waals surface area contributed by atoms with Gasteiger partial charge >= 0.3 is 5.91 Å². The van der Waals surface area contributed by atoms with E-state index in [1.165, 1.54) is 6.07 Å². The summed E-state index contributed by atoms with van der Waals surface area (Å²) in [6.45, 7) is 2.10. The molecule has 0 fully saturated rings. The maximum Gasteiger partial charge on any atom is 0.305 e. The number of carbonyl (C=O) groups excluding carboxylic acids is 2. The van der Waals surface area contributed by atoms with Gasteiger partial charge in [0.15, 0.2) is 11.5 Å². The molecule has 1 aromatic heterocycles. The first-order chi connectivity index (χ1) is 11.2. The predicted octanol–water partition coefficient (Wildman–Crippen LogP) is 2.90. The van der Waals surface area contributed by atoms with Crippen LogP contribution in [0.3, 0.4) is 0 Å². The van der Waals surface area contributed by atoms with E-state index in [9.17, 15) is 9.59 Å². The molecular weight excluding hydrogens is 292 g/mol. The van der Waals surface area contributed by atoms with Gasteiger partial charge in [0.05, 0.1) is 0 Å². The molecule has 0 aliphatic heterocycles. The molecule has 2 N–H and O–H groups in total. The standard InChI is InChI=1S/C18H18N2O3/c1-2-3-4-8-11-15-12-13-16(23-15)18(22)20-19-17(21)14-9-6-5-7-10-14/h5-7,9-10,12-13H,2-4H2,1H3,(H,19,21)(H,20,22). The summed E-state index contributed by atoms with van der Waals surface area (Å²) in [5.74, 6) is 5.44. The van der Waals surface area contributed by atoms with Crippen molar-refractivity contribution in [2.24, 2.45) is 0 Å². The van der Waals surface area contributed by atoms with E-state index >= 15 is 0 Å². The van der Waals surface area contributed by atoms with Gasteiger partial charge in [-0.05, 0) is 36.6 Å². The molecule has 23 heavy (non-hydrogen) atoms. The molecule has 1 heterocycles. The number of hydrogen-bond donors (Lipinski definition) is 2. The lowest BCUT2D eigenvalue weighted by Gasteiger charge is -2.05. The number of hydrazine groups is 1. The first-order valence-electron chi connectivity index (χ1n) is 7.45. The van der Waals surface area contributed by atoms with Crippen LogP contribution in [0, 0.1) is 11.8 Å². The lowest BCUT2D eigenvalue weighted by Crippen LogP contribution is -2.41. The first-order valence-corrected chi connectivity index (χ1v) is 7.45. The first kappa shape index (κ1) is 16.4. The van der Waals surface area contributed by atoms with Crippen molar-refractivity contribution in [2.45, 2.75) is 26.2 Å². The van der Waals surface area contributed by atoms with E-state index in [-0.39, 0.29) is 5.76 Å². The van der Waals surface area contributed by atoms with Gasteiger partial charge in [-0.3, -0.25) is 20.4 Å². The lowest BCUT2D eigenvalue weighted by atomic mass is 10.2. The maximum absolute atomic E-state index is 11.9. The summed E-state index contributed by atoms with van der Waals surface area (Å²) in [6.07, 6.45) is 2.92. The molecule has 5 heteroatoms. The van der Waals surface area contributed by atoms with Crippen LogP contribution in [0.4, 0.5) is 0 Å². The van der Waals surface area contributed by atoms with Crippen LogP contribution in [-0.2, 0) is 0 Å². The largest absolute Gasteiger partial charge is 0.443 e. The van der Waals surface area contributed by atoms with Gasteiger partial charge in [-0.1, -0.05) is 37.5 Å². The zero-order chi connectivity index (χ0) is 16.5. The topological polar surface area (TPSA) is 71.3 Å². The smallest absolute Gasteiger partial charge is 0.305 e. The van der Waals surface area contributed by atoms with Gasteiger partial charge in [0.1, 0.15) is 0 Å². The van der Waals surface area contributed by atoms with Gasteiger partial charge in [-0.15, -0.1) is 0 Å². The number of carbonyl (C=O) groups is 2. The van der Waals surface area contributed by atoms with Crippen molar-refractivity contribution in [3.05, 3.63) is 59.5 Å². The average molecular weight is 310 g/mol. The van der Waals surface area contributed by atoms with Crippen LogP contribution < -0.4 is 10.9 Å². The van der Waals surface area contributed by atoms with Crippen molar-refractivity contribution in [3.8, 4) is 11.8 Å². The molecule has 0 saturated carbocycles. The molecule has 0 aliphatic carbocycles. The van der Waals surface area contributed by atoms with Crippen LogP contribution in [0.5, 0.6) is 0 Å². The van der Waals surface area contributed by atoms with E-state index < -0.39 is 11.8 Å². The highest BCUT2D eigenvalue weighted by Gasteiger charge is 2.12. The Labute approximate surface area is 135 Å². The molecule has 2 rings (SSSR count). The SMILES string of the molecule is CCCCC#Cc1ccc(C(=O)NNC(=O)c2ccccc2)o1. The number of rotatable bonds is 4. The van der Waals surface area contributed by atoms with E-state index in [1.807, 2.05) is 0 Å². The zero-order valence-corrected chi connectivity index (χ0v) is 12.9. The number of nitrogens with one attached hydrogen (secondary N) is 2. The number of hydrogen-bond acceptors (Lipinski definition) is 3. The summed E-state index contributed by atoms with van der Waals surface area (Å²) in [5.41, 5.74) is 5.09. The van der Waals surface area contributed by atoms with Crippen molar-refractivity contribution >= 4 is 11.8 Å². The highest BCUT2D eigenvalue weighted by Crippen LogP contribution is 2.06. The monoisotopic (exact) mass is 310 g/mol. The molecule has 118 valence electrons. The van der Waals surface area contributed by atoms with Gasteiger partial charge in [0, 0.05) is 12.0 Å². The van der Waals surface area contributed by atoms with E-state index in [0.717, 1.165) is 19.3 Å². The molecule has 0 radical (unpaired) electrons. The Morgan fingerprint density at radius 3 is 2.52 bits per heavy atom. The van der Waals surface area contributed by atoms with Crippen molar-refractivity contribution in [1.82, 2.24) is 10.9 Å². The summed E-state index contributed by atoms with van der Waals surface area (Å²) < 4.78 is 5.33. The van der Waals surface area contributed by atoms with Gasteiger partial charge in [0.2, 0.25) is 0 Å². The van der Waals surface area contributed by atoms with Crippen LogP contribution >= 0.6 is 0 Å². The average Bonchev–Trinajstić information content (AvgIpc) is 3.06. The molecule has 2 amide bonds. The fraction of sp³-hybridized carbons (Fsp3) is 0.222. The third-order valence-corrected chi connectivity index (χ3v) is 3.02. The maximum atomic E-state index is 11.9. The molecule has 0 unspecified atom stereocenters. The van der Waals surface area contributed by atoms with Gasteiger partial charge in [-0.2, -0.15) is 0 Å². The van der Waals surface area contributed by atoms with Crippen molar-refractivity contribution in [1.29, 1.82) is 0 Å². The number of benzene rings is 1. The highest BCUT2D eigenvalue weighted by molar-refractivity contribution is 5.97. The Kier molecular flexibility index (Phi) is 6.01. The third-order valence-electron chi connectivity index (χ3n) is 3.02. The number of furan rings is 1. The van der Waals surface area contributed by atoms with Crippen LogP contribution in [-0.4, -0.2) is 11.8 Å². The molecule has 0 spiro atoms. The minimum Gasteiger partial charge on any atom is -0.443 e. The lowest BCUT2D eigenvalue weighted by molar-refractivity contribution is 0.0830. The summed E-state index contributed by atoms with van der Waals surface area (Å²) in [5, 5.41) is 0. The van der Waals surface area contributed by atoms with Crippen molar-refractivity contribution in [2.75, 3.05) is 0 Å². The number of amides is 2. The van der Waals surface area contributed by atoms with E-state index in [2.05, 4.69) is 29.6 Å². The molecule has 2 aromatic rings. The Bertz CT molecular complexity index is 723. The second kappa shape index (κ2) is 8.44. The minimum absolute atomic E-state index is 0.0955. The van der Waals surface area contributed by atoms with Crippen molar-refractivity contribution < 1.29 is 14.0 Å². The Hall–Kier alpha value is -3.00. The fourth-order valence-corrected chi connectivity index (χ4v) is 1.78. The second-order valence-electron chi connectivity index (χ2n) is 4.84. The fourth-order valence-electron chi connectivity index (χ4n) is 1.78. The molecule has 0 bridgehead atoms. The highest BCUT2D eigenvalue weighted by atomic mass is 16.3. The van der Waals surface area contributed by atoms with Crippen LogP contribution in [0.2, 0.25) is 0 Å².